The fourth-order valence-electron chi connectivity index (χ4n) is 2.61. The van der Waals surface area contributed by atoms with Gasteiger partial charge >= 0.3 is 0 Å². The molecule has 0 atom stereocenters. The Morgan fingerprint density at radius 2 is 1.71 bits per heavy atom. The van der Waals surface area contributed by atoms with Gasteiger partial charge in [-0.1, -0.05) is 6.07 Å². The SMILES string of the molecule is Cc1ccc(NC(=O)c2sccc2S(=O)(=O)N(C)c2ccc(F)cc2)cc1C. The number of carbonyl (C=O) groups is 1. The Hall–Kier alpha value is -2.71. The Balaban J connectivity index is 1.90. The lowest BCUT2D eigenvalue weighted by Gasteiger charge is -2.19. The van der Waals surface area contributed by atoms with Gasteiger partial charge in [0.2, 0.25) is 0 Å². The lowest BCUT2D eigenvalue weighted by atomic mass is 10.1. The van der Waals surface area contributed by atoms with Crippen LogP contribution in [0.5, 0.6) is 0 Å². The number of rotatable bonds is 5. The number of nitrogens with zero attached hydrogens (tertiary/aromatic N) is 1. The van der Waals surface area contributed by atoms with Gasteiger partial charge in [0.1, 0.15) is 15.6 Å². The number of hydrogen-bond acceptors (Lipinski definition) is 4. The van der Waals surface area contributed by atoms with Crippen LogP contribution >= 0.6 is 11.3 Å². The summed E-state index contributed by atoms with van der Waals surface area (Å²) in [6.07, 6.45) is 0. The maximum Gasteiger partial charge on any atom is 0.267 e. The van der Waals surface area contributed by atoms with Crippen molar-refractivity contribution in [3.05, 3.63) is 75.7 Å². The Kier molecular flexibility index (Phi) is 5.53. The topological polar surface area (TPSA) is 66.5 Å². The van der Waals surface area contributed by atoms with Crippen molar-refractivity contribution in [1.82, 2.24) is 0 Å². The van der Waals surface area contributed by atoms with Gasteiger partial charge in [-0.2, -0.15) is 0 Å². The molecule has 0 radical (unpaired) electrons. The molecular formula is C20H19FN2O3S2. The first kappa shape index (κ1) is 20.0. The van der Waals surface area contributed by atoms with Crippen molar-refractivity contribution in [3.8, 4) is 0 Å². The molecule has 1 amide bonds. The minimum Gasteiger partial charge on any atom is -0.321 e. The van der Waals surface area contributed by atoms with Crippen LogP contribution in [-0.4, -0.2) is 21.4 Å². The van der Waals surface area contributed by atoms with Crippen LogP contribution in [0.25, 0.3) is 0 Å². The van der Waals surface area contributed by atoms with E-state index in [2.05, 4.69) is 5.32 Å². The summed E-state index contributed by atoms with van der Waals surface area (Å²) < 4.78 is 40.2. The highest BCUT2D eigenvalue weighted by atomic mass is 32.2. The fraction of sp³-hybridized carbons (Fsp3) is 0.150. The van der Waals surface area contributed by atoms with Gasteiger partial charge in [0.05, 0.1) is 5.69 Å². The second-order valence-corrected chi connectivity index (χ2v) is 9.17. The maximum absolute atomic E-state index is 13.1. The van der Waals surface area contributed by atoms with Gasteiger partial charge < -0.3 is 5.32 Å². The smallest absolute Gasteiger partial charge is 0.267 e. The molecule has 0 fully saturated rings. The van der Waals surface area contributed by atoms with Crippen molar-refractivity contribution in [3.63, 3.8) is 0 Å². The Morgan fingerprint density at radius 3 is 2.36 bits per heavy atom. The number of hydrogen-bond donors (Lipinski definition) is 1. The van der Waals surface area contributed by atoms with Crippen LogP contribution in [0.1, 0.15) is 20.8 Å². The lowest BCUT2D eigenvalue weighted by molar-refractivity contribution is 0.102. The van der Waals surface area contributed by atoms with Crippen LogP contribution in [0.4, 0.5) is 15.8 Å². The van der Waals surface area contributed by atoms with E-state index in [1.165, 1.54) is 37.4 Å². The molecule has 0 bridgehead atoms. The number of benzene rings is 2. The van der Waals surface area contributed by atoms with E-state index < -0.39 is 21.7 Å². The highest BCUT2D eigenvalue weighted by Crippen LogP contribution is 2.29. The van der Waals surface area contributed by atoms with Gasteiger partial charge in [0, 0.05) is 12.7 Å². The highest BCUT2D eigenvalue weighted by molar-refractivity contribution is 7.93. The molecule has 0 spiro atoms. The third-order valence-corrected chi connectivity index (χ3v) is 7.30. The highest BCUT2D eigenvalue weighted by Gasteiger charge is 2.28. The summed E-state index contributed by atoms with van der Waals surface area (Å²) in [6, 6.07) is 12.0. The third-order valence-electron chi connectivity index (χ3n) is 4.43. The fourth-order valence-corrected chi connectivity index (χ4v) is 5.10. The summed E-state index contributed by atoms with van der Waals surface area (Å²) in [6.45, 7) is 3.90. The molecule has 3 rings (SSSR count). The molecule has 0 saturated heterocycles. The van der Waals surface area contributed by atoms with E-state index in [4.69, 9.17) is 0 Å². The van der Waals surface area contributed by atoms with Crippen LogP contribution < -0.4 is 9.62 Å². The summed E-state index contributed by atoms with van der Waals surface area (Å²) >= 11 is 1.05. The molecule has 0 aliphatic rings. The number of anilines is 2. The van der Waals surface area contributed by atoms with Crippen molar-refractivity contribution < 1.29 is 17.6 Å². The normalized spacial score (nSPS) is 11.3. The van der Waals surface area contributed by atoms with E-state index >= 15 is 0 Å². The summed E-state index contributed by atoms with van der Waals surface area (Å²) in [4.78, 5) is 12.7. The van der Waals surface area contributed by atoms with Gasteiger partial charge in [-0.3, -0.25) is 9.10 Å². The molecule has 0 aliphatic carbocycles. The molecule has 8 heteroatoms. The first-order valence-corrected chi connectivity index (χ1v) is 10.7. The molecule has 146 valence electrons. The summed E-state index contributed by atoms with van der Waals surface area (Å²) in [5.74, 6) is -0.956. The second-order valence-electron chi connectivity index (χ2n) is 6.32. The first-order chi connectivity index (χ1) is 13.2. The minimum absolute atomic E-state index is 0.0900. The number of aryl methyl sites for hydroxylation is 2. The van der Waals surface area contributed by atoms with Crippen LogP contribution in [0.2, 0.25) is 0 Å². The van der Waals surface area contributed by atoms with Gasteiger partial charge in [-0.25, -0.2) is 12.8 Å². The van der Waals surface area contributed by atoms with Crippen molar-refractivity contribution >= 4 is 38.6 Å². The Morgan fingerprint density at radius 1 is 1.04 bits per heavy atom. The van der Waals surface area contributed by atoms with Crippen LogP contribution in [0.15, 0.2) is 58.8 Å². The molecule has 5 nitrogen and oxygen atoms in total. The third kappa shape index (κ3) is 3.93. The van der Waals surface area contributed by atoms with E-state index in [1.54, 1.807) is 11.4 Å². The molecule has 1 N–H and O–H groups in total. The average Bonchev–Trinajstić information content (AvgIpc) is 3.16. The number of halogens is 1. The number of thiophene rings is 1. The molecule has 0 aliphatic heterocycles. The average molecular weight is 419 g/mol. The zero-order chi connectivity index (χ0) is 20.5. The minimum atomic E-state index is -3.98. The van der Waals surface area contributed by atoms with E-state index in [9.17, 15) is 17.6 Å². The Bertz CT molecular complexity index is 1120. The molecule has 1 heterocycles. The van der Waals surface area contributed by atoms with Crippen molar-refractivity contribution in [1.29, 1.82) is 0 Å². The first-order valence-electron chi connectivity index (χ1n) is 8.41. The molecule has 3 aromatic rings. The van der Waals surface area contributed by atoms with E-state index in [1.807, 2.05) is 26.0 Å². The number of sulfonamides is 1. The largest absolute Gasteiger partial charge is 0.321 e. The molecule has 1 aromatic heterocycles. The standard InChI is InChI=1S/C20H19FN2O3S2/c1-13-4-7-16(12-14(13)2)22-20(24)19-18(10-11-27-19)28(25,26)23(3)17-8-5-15(21)6-9-17/h4-12H,1-3H3,(H,22,24). The molecule has 28 heavy (non-hydrogen) atoms. The lowest BCUT2D eigenvalue weighted by Crippen LogP contribution is -2.28. The number of carbonyl (C=O) groups excluding carboxylic acids is 1. The quantitative estimate of drug-likeness (QED) is 0.659. The van der Waals surface area contributed by atoms with Crippen molar-refractivity contribution in [2.24, 2.45) is 0 Å². The maximum atomic E-state index is 13.1. The Labute approximate surface area is 167 Å². The molecule has 0 saturated carbocycles. The van der Waals surface area contributed by atoms with Crippen LogP contribution in [0, 0.1) is 19.7 Å². The molecule has 0 unspecified atom stereocenters. The van der Waals surface area contributed by atoms with Crippen molar-refractivity contribution in [2.75, 3.05) is 16.7 Å². The van der Waals surface area contributed by atoms with Gasteiger partial charge in [-0.05, 0) is 72.8 Å². The van der Waals surface area contributed by atoms with Crippen LogP contribution in [0.3, 0.4) is 0 Å². The summed E-state index contributed by atoms with van der Waals surface area (Å²) in [5.41, 5.74) is 3.01. The van der Waals surface area contributed by atoms with Crippen LogP contribution in [-0.2, 0) is 10.0 Å². The number of nitrogens with one attached hydrogen (secondary N) is 1. The zero-order valence-corrected chi connectivity index (χ0v) is 17.2. The zero-order valence-electron chi connectivity index (χ0n) is 15.6. The number of amides is 1. The second kappa shape index (κ2) is 7.73. The summed E-state index contributed by atoms with van der Waals surface area (Å²) in [5, 5.41) is 4.31. The van der Waals surface area contributed by atoms with Gasteiger partial charge in [0.15, 0.2) is 0 Å². The van der Waals surface area contributed by atoms with E-state index in [0.29, 0.717) is 11.4 Å². The van der Waals surface area contributed by atoms with E-state index in [0.717, 1.165) is 26.8 Å². The van der Waals surface area contributed by atoms with Gasteiger partial charge in [0.25, 0.3) is 15.9 Å². The predicted molar refractivity (Wildman–Crippen MR) is 110 cm³/mol. The molecule has 2 aromatic carbocycles. The molecular weight excluding hydrogens is 399 g/mol. The van der Waals surface area contributed by atoms with E-state index in [-0.39, 0.29) is 9.77 Å². The summed E-state index contributed by atoms with van der Waals surface area (Å²) in [7, 11) is -2.62. The van der Waals surface area contributed by atoms with Crippen molar-refractivity contribution in [2.45, 2.75) is 18.7 Å². The monoisotopic (exact) mass is 418 g/mol. The van der Waals surface area contributed by atoms with Gasteiger partial charge in [-0.15, -0.1) is 11.3 Å². The predicted octanol–water partition coefficient (Wildman–Crippen LogP) is 4.58.